The third-order valence-corrected chi connectivity index (χ3v) is 4.09. The zero-order chi connectivity index (χ0) is 15.7. The number of ether oxygens (including phenoxy) is 1. The van der Waals surface area contributed by atoms with Crippen molar-refractivity contribution in [1.29, 1.82) is 0 Å². The molecule has 22 heavy (non-hydrogen) atoms. The molecule has 0 aliphatic heterocycles. The van der Waals surface area contributed by atoms with Gasteiger partial charge in [0.1, 0.15) is 0 Å². The summed E-state index contributed by atoms with van der Waals surface area (Å²) in [6, 6.07) is 6.19. The molecule has 2 heteroatoms. The molecule has 1 aromatic heterocycles. The largest absolute Gasteiger partial charge is 0.381 e. The number of rotatable bonds is 15. The fraction of sp³-hybridized carbons (Fsp3) is 0.750. The first-order valence-electron chi connectivity index (χ1n) is 9.41. The Hall–Kier alpha value is -0.890. The van der Waals surface area contributed by atoms with E-state index in [1.165, 1.54) is 76.3 Å². The monoisotopic (exact) mass is 305 g/mol. The lowest BCUT2D eigenvalue weighted by molar-refractivity contribution is 0.125. The lowest BCUT2D eigenvalue weighted by Gasteiger charge is -2.04. The number of aromatic nitrogens is 1. The molecular formula is C20H35NO. The highest BCUT2D eigenvalue weighted by Gasteiger charge is 1.95. The van der Waals surface area contributed by atoms with Crippen LogP contribution in [0.15, 0.2) is 24.4 Å². The molecule has 0 bridgehead atoms. The minimum atomic E-state index is 0.964. The summed E-state index contributed by atoms with van der Waals surface area (Å²) in [6.07, 6.45) is 17.5. The molecule has 0 spiro atoms. The van der Waals surface area contributed by atoms with Gasteiger partial charge in [-0.15, -0.1) is 0 Å². The lowest BCUT2D eigenvalue weighted by atomic mass is 10.1. The van der Waals surface area contributed by atoms with Crippen molar-refractivity contribution in [2.75, 3.05) is 13.2 Å². The molecule has 0 unspecified atom stereocenters. The Kier molecular flexibility index (Phi) is 13.1. The summed E-state index contributed by atoms with van der Waals surface area (Å²) >= 11 is 0. The van der Waals surface area contributed by atoms with E-state index < -0.39 is 0 Å². The molecule has 0 aliphatic rings. The van der Waals surface area contributed by atoms with Crippen molar-refractivity contribution in [3.05, 3.63) is 30.1 Å². The van der Waals surface area contributed by atoms with Gasteiger partial charge in [0.2, 0.25) is 0 Å². The molecule has 0 saturated carbocycles. The lowest BCUT2D eigenvalue weighted by Crippen LogP contribution is -1.97. The van der Waals surface area contributed by atoms with E-state index in [0.717, 1.165) is 19.6 Å². The van der Waals surface area contributed by atoms with Gasteiger partial charge in [-0.25, -0.2) is 0 Å². The summed E-state index contributed by atoms with van der Waals surface area (Å²) < 4.78 is 5.67. The minimum absolute atomic E-state index is 0.964. The van der Waals surface area contributed by atoms with Crippen LogP contribution in [0.3, 0.4) is 0 Å². The Balaban J connectivity index is 1.73. The molecule has 0 N–H and O–H groups in total. The van der Waals surface area contributed by atoms with E-state index in [0.29, 0.717) is 0 Å². The predicted molar refractivity (Wildman–Crippen MR) is 95.2 cm³/mol. The molecule has 0 fully saturated rings. The predicted octanol–water partition coefficient (Wildman–Crippen LogP) is 5.95. The standard InChI is InChI=1S/C20H35NO/c1-2-3-4-13-18-22-19-14-9-7-5-6-8-10-15-20-16-11-12-17-21-20/h11-12,16-17H,2-10,13-15,18-19H2,1H3. The van der Waals surface area contributed by atoms with Gasteiger partial charge in [-0.05, 0) is 37.8 Å². The maximum atomic E-state index is 5.67. The van der Waals surface area contributed by atoms with E-state index in [-0.39, 0.29) is 0 Å². The smallest absolute Gasteiger partial charge is 0.0466 e. The molecule has 2 nitrogen and oxygen atoms in total. The van der Waals surface area contributed by atoms with Crippen LogP contribution < -0.4 is 0 Å². The van der Waals surface area contributed by atoms with Gasteiger partial charge in [-0.2, -0.15) is 0 Å². The van der Waals surface area contributed by atoms with E-state index in [1.807, 2.05) is 12.3 Å². The zero-order valence-electron chi connectivity index (χ0n) is 14.6. The quantitative estimate of drug-likeness (QED) is 0.373. The van der Waals surface area contributed by atoms with Crippen LogP contribution in [0.5, 0.6) is 0 Å². The van der Waals surface area contributed by atoms with Gasteiger partial charge < -0.3 is 4.74 Å². The minimum Gasteiger partial charge on any atom is -0.381 e. The second-order valence-electron chi connectivity index (χ2n) is 6.22. The third-order valence-electron chi connectivity index (χ3n) is 4.09. The first-order valence-corrected chi connectivity index (χ1v) is 9.41. The molecule has 0 amide bonds. The first-order chi connectivity index (χ1) is 10.9. The Morgan fingerprint density at radius 3 is 2.05 bits per heavy atom. The number of pyridine rings is 1. The summed E-state index contributed by atoms with van der Waals surface area (Å²) in [5.74, 6) is 0. The van der Waals surface area contributed by atoms with Gasteiger partial charge in [-0.1, -0.05) is 64.4 Å². The summed E-state index contributed by atoms with van der Waals surface area (Å²) in [4.78, 5) is 4.36. The second kappa shape index (κ2) is 15.0. The number of hydrogen-bond acceptors (Lipinski definition) is 2. The Labute approximate surface area is 137 Å². The fourth-order valence-electron chi connectivity index (χ4n) is 2.67. The molecular weight excluding hydrogens is 270 g/mol. The van der Waals surface area contributed by atoms with Crippen LogP contribution in [0, 0.1) is 0 Å². The van der Waals surface area contributed by atoms with Gasteiger partial charge in [0.15, 0.2) is 0 Å². The van der Waals surface area contributed by atoms with E-state index in [1.54, 1.807) is 0 Å². The molecule has 0 saturated heterocycles. The van der Waals surface area contributed by atoms with Crippen molar-refractivity contribution in [1.82, 2.24) is 4.98 Å². The van der Waals surface area contributed by atoms with Crippen molar-refractivity contribution < 1.29 is 4.74 Å². The molecule has 1 aromatic rings. The molecule has 0 radical (unpaired) electrons. The molecule has 126 valence electrons. The van der Waals surface area contributed by atoms with Crippen LogP contribution in [0.4, 0.5) is 0 Å². The van der Waals surface area contributed by atoms with Crippen molar-refractivity contribution in [2.24, 2.45) is 0 Å². The zero-order valence-corrected chi connectivity index (χ0v) is 14.6. The van der Waals surface area contributed by atoms with E-state index >= 15 is 0 Å². The van der Waals surface area contributed by atoms with E-state index in [9.17, 15) is 0 Å². The highest BCUT2D eigenvalue weighted by molar-refractivity contribution is 5.03. The third kappa shape index (κ3) is 11.7. The van der Waals surface area contributed by atoms with Crippen LogP contribution in [0.2, 0.25) is 0 Å². The Morgan fingerprint density at radius 1 is 0.773 bits per heavy atom. The van der Waals surface area contributed by atoms with Crippen LogP contribution in [0.25, 0.3) is 0 Å². The van der Waals surface area contributed by atoms with Crippen LogP contribution >= 0.6 is 0 Å². The van der Waals surface area contributed by atoms with Crippen molar-refractivity contribution in [2.45, 2.75) is 84.0 Å². The number of nitrogens with zero attached hydrogens (tertiary/aromatic N) is 1. The topological polar surface area (TPSA) is 22.1 Å². The molecule has 1 rings (SSSR count). The second-order valence-corrected chi connectivity index (χ2v) is 6.22. The maximum absolute atomic E-state index is 5.67. The van der Waals surface area contributed by atoms with Gasteiger partial charge >= 0.3 is 0 Å². The highest BCUT2D eigenvalue weighted by Crippen LogP contribution is 2.09. The Bertz CT molecular complexity index is 326. The molecule has 0 atom stereocenters. The first kappa shape index (κ1) is 19.2. The summed E-state index contributed by atoms with van der Waals surface area (Å²) in [5.41, 5.74) is 1.23. The van der Waals surface area contributed by atoms with Crippen molar-refractivity contribution in [3.63, 3.8) is 0 Å². The van der Waals surface area contributed by atoms with Crippen molar-refractivity contribution >= 4 is 0 Å². The summed E-state index contributed by atoms with van der Waals surface area (Å²) in [7, 11) is 0. The molecule has 1 heterocycles. The van der Waals surface area contributed by atoms with Crippen LogP contribution in [0.1, 0.15) is 83.2 Å². The van der Waals surface area contributed by atoms with E-state index in [4.69, 9.17) is 4.74 Å². The molecule has 0 aliphatic carbocycles. The summed E-state index contributed by atoms with van der Waals surface area (Å²) in [6.45, 7) is 4.18. The van der Waals surface area contributed by atoms with E-state index in [2.05, 4.69) is 24.0 Å². The Morgan fingerprint density at radius 2 is 1.41 bits per heavy atom. The highest BCUT2D eigenvalue weighted by atomic mass is 16.5. The van der Waals surface area contributed by atoms with Gasteiger partial charge in [-0.3, -0.25) is 4.98 Å². The fourth-order valence-corrected chi connectivity index (χ4v) is 2.67. The number of aryl methyl sites for hydroxylation is 1. The van der Waals surface area contributed by atoms with Gasteiger partial charge in [0, 0.05) is 25.1 Å². The van der Waals surface area contributed by atoms with Crippen molar-refractivity contribution in [3.8, 4) is 0 Å². The average Bonchev–Trinajstić information content (AvgIpc) is 2.56. The number of hydrogen-bond donors (Lipinski definition) is 0. The summed E-state index contributed by atoms with van der Waals surface area (Å²) in [5, 5.41) is 0. The normalized spacial score (nSPS) is 11.0. The van der Waals surface area contributed by atoms with Crippen LogP contribution in [-0.2, 0) is 11.2 Å². The number of unbranched alkanes of at least 4 members (excludes halogenated alkanes) is 9. The SMILES string of the molecule is CCCCCCOCCCCCCCCCc1ccccn1. The molecule has 0 aromatic carbocycles. The average molecular weight is 306 g/mol. The van der Waals surface area contributed by atoms with Gasteiger partial charge in [0.05, 0.1) is 0 Å². The van der Waals surface area contributed by atoms with Gasteiger partial charge in [0.25, 0.3) is 0 Å². The van der Waals surface area contributed by atoms with Crippen LogP contribution in [-0.4, -0.2) is 18.2 Å². The maximum Gasteiger partial charge on any atom is 0.0466 e.